The van der Waals surface area contributed by atoms with Crippen molar-refractivity contribution >= 4 is 24.9 Å². The van der Waals surface area contributed by atoms with E-state index in [2.05, 4.69) is 31.8 Å². The summed E-state index contributed by atoms with van der Waals surface area (Å²) in [4.78, 5) is 4.30. The Morgan fingerprint density at radius 3 is 2.69 bits per heavy atom. The van der Waals surface area contributed by atoms with E-state index in [0.717, 1.165) is 9.27 Å². The first-order chi connectivity index (χ1) is 6.01. The molecule has 1 aromatic rings. The van der Waals surface area contributed by atoms with Crippen LogP contribution in [0.2, 0.25) is 3.43 Å². The van der Waals surface area contributed by atoms with E-state index in [9.17, 15) is 0 Å². The minimum atomic E-state index is -0.651. The molecule has 0 bridgehead atoms. The Morgan fingerprint density at radius 2 is 2.15 bits per heavy atom. The van der Waals surface area contributed by atoms with Crippen molar-refractivity contribution in [2.75, 3.05) is 0 Å². The monoisotopic (exact) mass is 280 g/mol. The molecule has 0 saturated heterocycles. The van der Waals surface area contributed by atoms with Crippen molar-refractivity contribution < 1.29 is 0 Å². The van der Waals surface area contributed by atoms with Crippen LogP contribution in [-0.2, 0) is 0 Å². The molecule has 0 unspecified atom stereocenters. The molecule has 1 aromatic heterocycles. The van der Waals surface area contributed by atoms with Gasteiger partial charge in [0.25, 0.3) is 0 Å². The van der Waals surface area contributed by atoms with Gasteiger partial charge in [0, 0.05) is 0 Å². The molecule has 3 heteroatoms. The zero-order valence-corrected chi connectivity index (χ0v) is 11.0. The van der Waals surface area contributed by atoms with Crippen LogP contribution in [0.1, 0.15) is 26.3 Å². The molecule has 0 saturated carbocycles. The first-order valence-corrected chi connectivity index (χ1v) is 7.01. The van der Waals surface area contributed by atoms with Crippen molar-refractivity contribution in [2.45, 2.75) is 24.2 Å². The van der Waals surface area contributed by atoms with E-state index in [1.54, 1.807) is 12.3 Å². The zero-order chi connectivity index (χ0) is 9.90. The number of pyridine rings is 1. The molecule has 0 aliphatic carbocycles. The van der Waals surface area contributed by atoms with Crippen LogP contribution in [-0.4, -0.2) is 26.1 Å². The predicted octanol–water partition coefficient (Wildman–Crippen LogP) is 1.50. The molecule has 0 spiro atoms. The predicted molar refractivity (Wildman–Crippen MR) is 54.1 cm³/mol. The summed E-state index contributed by atoms with van der Waals surface area (Å²) < 4.78 is 1.56. The van der Waals surface area contributed by atoms with Gasteiger partial charge < -0.3 is 0 Å². The van der Waals surface area contributed by atoms with Gasteiger partial charge in [0.15, 0.2) is 0 Å². The summed E-state index contributed by atoms with van der Waals surface area (Å²) in [7, 11) is 0. The number of aromatic nitrogens is 1. The molecule has 1 rings (SSSR count). The minimum absolute atomic E-state index is 0.393. The second-order valence-corrected chi connectivity index (χ2v) is 10.4. The van der Waals surface area contributed by atoms with Crippen LogP contribution in [0.4, 0.5) is 0 Å². The van der Waals surface area contributed by atoms with Gasteiger partial charge in [-0.25, -0.2) is 0 Å². The van der Waals surface area contributed by atoms with Gasteiger partial charge in [-0.1, -0.05) is 0 Å². The first-order valence-electron chi connectivity index (χ1n) is 4.15. The number of nitriles is 1. The molecule has 0 aliphatic rings. The molecule has 2 radical (unpaired) electrons. The Labute approximate surface area is 89.2 Å². The number of nitrogens with zero attached hydrogens (tertiary/aromatic N) is 2. The Balaban J connectivity index is 2.86. The van der Waals surface area contributed by atoms with Crippen molar-refractivity contribution in [3.8, 4) is 6.07 Å². The van der Waals surface area contributed by atoms with Crippen LogP contribution >= 0.6 is 0 Å². The van der Waals surface area contributed by atoms with Crippen LogP contribution in [0.15, 0.2) is 18.3 Å². The van der Waals surface area contributed by atoms with Gasteiger partial charge in [0.1, 0.15) is 0 Å². The summed E-state index contributed by atoms with van der Waals surface area (Å²) in [6.45, 7) is 6.71. The van der Waals surface area contributed by atoms with Crippen molar-refractivity contribution in [1.82, 2.24) is 4.98 Å². The SMILES string of the molecule is C[C](C)(C)[Sn][c]1cc(C#N)ccn1. The van der Waals surface area contributed by atoms with Gasteiger partial charge in [-0.05, 0) is 0 Å². The average Bonchev–Trinajstić information content (AvgIpc) is 2.01. The summed E-state index contributed by atoms with van der Waals surface area (Å²) in [5.74, 6) is 0. The van der Waals surface area contributed by atoms with E-state index in [-0.39, 0.29) is 0 Å². The molecule has 0 N–H and O–H groups in total. The molecule has 66 valence electrons. The van der Waals surface area contributed by atoms with Crippen molar-refractivity contribution in [3.05, 3.63) is 23.9 Å². The summed E-state index contributed by atoms with van der Waals surface area (Å²) in [6, 6.07) is 5.82. The van der Waals surface area contributed by atoms with Crippen molar-refractivity contribution in [2.24, 2.45) is 0 Å². The maximum absolute atomic E-state index is 8.70. The van der Waals surface area contributed by atoms with E-state index in [4.69, 9.17) is 5.26 Å². The van der Waals surface area contributed by atoms with E-state index >= 15 is 0 Å². The van der Waals surface area contributed by atoms with Crippen LogP contribution in [0.3, 0.4) is 0 Å². The summed E-state index contributed by atoms with van der Waals surface area (Å²) in [6.07, 6.45) is 1.74. The third kappa shape index (κ3) is 3.77. The van der Waals surface area contributed by atoms with E-state index in [0.29, 0.717) is 3.43 Å². The fraction of sp³-hybridized carbons (Fsp3) is 0.400. The van der Waals surface area contributed by atoms with Gasteiger partial charge in [-0.3, -0.25) is 0 Å². The molecular formula is C10H12N2Sn. The summed E-state index contributed by atoms with van der Waals surface area (Å²) in [5.41, 5.74) is 0.732. The number of hydrogen-bond donors (Lipinski definition) is 0. The normalized spacial score (nSPS) is 10.9. The maximum atomic E-state index is 8.70. The zero-order valence-electron chi connectivity index (χ0n) is 8.13. The Bertz CT molecular complexity index is 334. The van der Waals surface area contributed by atoms with E-state index < -0.39 is 21.1 Å². The standard InChI is InChI=1S/C6H3N2.C4H9.Sn/c7-5-6-1-3-8-4-2-6;1-4(2)3;/h1-3H;1-3H3;. The van der Waals surface area contributed by atoms with E-state index in [1.807, 2.05) is 6.07 Å². The molecule has 1 heterocycles. The first kappa shape index (κ1) is 10.5. The van der Waals surface area contributed by atoms with E-state index in [1.165, 1.54) is 0 Å². The van der Waals surface area contributed by atoms with Crippen LogP contribution < -0.4 is 3.71 Å². The average molecular weight is 279 g/mol. The molecule has 0 aromatic carbocycles. The number of rotatable bonds is 1. The van der Waals surface area contributed by atoms with Gasteiger partial charge in [-0.15, -0.1) is 0 Å². The van der Waals surface area contributed by atoms with Gasteiger partial charge in [0.05, 0.1) is 0 Å². The molecule has 13 heavy (non-hydrogen) atoms. The molecule has 0 fully saturated rings. The second kappa shape index (κ2) is 4.10. The van der Waals surface area contributed by atoms with Gasteiger partial charge >= 0.3 is 89.3 Å². The quantitative estimate of drug-likeness (QED) is 0.730. The van der Waals surface area contributed by atoms with Crippen molar-refractivity contribution in [3.63, 3.8) is 0 Å². The van der Waals surface area contributed by atoms with Crippen LogP contribution in [0, 0.1) is 11.3 Å². The van der Waals surface area contributed by atoms with Crippen LogP contribution in [0.5, 0.6) is 0 Å². The fourth-order valence-electron chi connectivity index (χ4n) is 0.953. The molecule has 2 nitrogen and oxygen atoms in total. The Kier molecular flexibility index (Phi) is 3.32. The summed E-state index contributed by atoms with van der Waals surface area (Å²) >= 11 is -0.651. The molecule has 0 atom stereocenters. The van der Waals surface area contributed by atoms with Crippen molar-refractivity contribution in [1.29, 1.82) is 5.26 Å². The third-order valence-electron chi connectivity index (χ3n) is 1.39. The Morgan fingerprint density at radius 1 is 1.46 bits per heavy atom. The number of hydrogen-bond acceptors (Lipinski definition) is 2. The van der Waals surface area contributed by atoms with Gasteiger partial charge in [-0.2, -0.15) is 0 Å². The van der Waals surface area contributed by atoms with Crippen LogP contribution in [0.25, 0.3) is 0 Å². The Hall–Kier alpha value is -0.561. The third-order valence-corrected chi connectivity index (χ3v) is 5.04. The topological polar surface area (TPSA) is 36.7 Å². The fourth-order valence-corrected chi connectivity index (χ4v) is 4.19. The van der Waals surface area contributed by atoms with Gasteiger partial charge in [0.2, 0.25) is 0 Å². The molecule has 0 amide bonds. The molecule has 0 aliphatic heterocycles. The molecular weight excluding hydrogens is 267 g/mol. The summed E-state index contributed by atoms with van der Waals surface area (Å²) in [5, 5.41) is 8.70. The second-order valence-electron chi connectivity index (χ2n) is 3.92.